The number of nitrogen functional groups attached to an aromatic ring is 1. The molecule has 25 heteroatoms. The van der Waals surface area contributed by atoms with Crippen molar-refractivity contribution in [3.8, 4) is 0 Å². The molecule has 0 aliphatic carbocycles. The molecule has 1 unspecified atom stereocenters. The molecule has 0 radical (unpaired) electrons. The minimum atomic E-state index is -0.155. The number of aryl methyl sites for hydroxylation is 8. The van der Waals surface area contributed by atoms with Gasteiger partial charge >= 0.3 is 0 Å². The first-order valence-electron chi connectivity index (χ1n) is 30.0. The Morgan fingerprint density at radius 1 is 0.620 bits per heavy atom. The number of hydrogen-bond acceptors (Lipinski definition) is 21. The summed E-state index contributed by atoms with van der Waals surface area (Å²) in [6.07, 6.45) is 17.5. The second-order valence-corrected chi connectivity index (χ2v) is 22.2. The number of likely N-dealkylation sites (tertiary alicyclic amines) is 2. The third-order valence-electron chi connectivity index (χ3n) is 12.9. The summed E-state index contributed by atoms with van der Waals surface area (Å²) in [5.41, 5.74) is 14.7. The van der Waals surface area contributed by atoms with E-state index in [0.717, 1.165) is 133 Å². The summed E-state index contributed by atoms with van der Waals surface area (Å²) in [5.74, 6) is 3.90. The monoisotopic (exact) mass is 1280 g/mol. The molecule has 24 nitrogen and oxygen atoms in total. The van der Waals surface area contributed by atoms with Crippen molar-refractivity contribution >= 4 is 23.6 Å². The van der Waals surface area contributed by atoms with Crippen molar-refractivity contribution in [2.75, 3.05) is 114 Å². The Morgan fingerprint density at radius 2 is 1.13 bits per heavy atom. The van der Waals surface area contributed by atoms with Gasteiger partial charge in [0.2, 0.25) is 24.3 Å². The van der Waals surface area contributed by atoms with Crippen LogP contribution in [0.25, 0.3) is 0 Å². The highest BCUT2D eigenvalue weighted by molar-refractivity contribution is 5.76. The molecule has 0 bridgehead atoms. The molecule has 6 aromatic heterocycles. The summed E-state index contributed by atoms with van der Waals surface area (Å²) in [4.78, 5) is 50.0. The van der Waals surface area contributed by atoms with E-state index in [-0.39, 0.29) is 13.2 Å². The highest BCUT2D eigenvalue weighted by Gasteiger charge is 2.22. The third kappa shape index (κ3) is 41.2. The number of halogens is 1. The van der Waals surface area contributed by atoms with Crippen molar-refractivity contribution in [1.82, 2.24) is 74.3 Å². The van der Waals surface area contributed by atoms with Crippen LogP contribution in [0.3, 0.4) is 0 Å². The number of hydrogen-bond donors (Lipinski definition) is 5. The Kier molecular flexibility index (Phi) is 44.2. The zero-order valence-electron chi connectivity index (χ0n) is 57.7. The van der Waals surface area contributed by atoms with E-state index in [2.05, 4.69) is 69.9 Å². The number of aromatic nitrogens is 11. The molecule has 0 spiro atoms. The molecule has 8 heterocycles. The predicted molar refractivity (Wildman–Crippen MR) is 367 cm³/mol. The van der Waals surface area contributed by atoms with Crippen LogP contribution in [0.4, 0.5) is 16.3 Å². The molecule has 1 atom stereocenters. The molecular weight excluding hydrogens is 1170 g/mol. The van der Waals surface area contributed by atoms with Crippen molar-refractivity contribution in [2.45, 2.75) is 128 Å². The van der Waals surface area contributed by atoms with Crippen molar-refractivity contribution in [2.24, 2.45) is 0 Å². The van der Waals surface area contributed by atoms with Gasteiger partial charge < -0.3 is 49.8 Å². The van der Waals surface area contributed by atoms with Gasteiger partial charge in [-0.1, -0.05) is 13.5 Å². The molecule has 0 saturated carbocycles. The van der Waals surface area contributed by atoms with Crippen LogP contribution in [0.2, 0.25) is 0 Å². The number of nitrogens with zero attached hydrogens (tertiary/aromatic N) is 16. The Balaban J connectivity index is 0.00000102. The van der Waals surface area contributed by atoms with Crippen LogP contribution in [0, 0.1) is 72.0 Å². The van der Waals surface area contributed by atoms with E-state index in [0.29, 0.717) is 42.4 Å². The van der Waals surface area contributed by atoms with Crippen LogP contribution >= 0.6 is 0 Å². The van der Waals surface area contributed by atoms with Gasteiger partial charge in [-0.25, -0.2) is 54.2 Å². The van der Waals surface area contributed by atoms with E-state index in [1.807, 2.05) is 158 Å². The number of nitrogens with two attached hydrogens (primary N) is 1. The average molecular weight is 1280 g/mol. The number of benzene rings is 1. The lowest BCUT2D eigenvalue weighted by molar-refractivity contribution is -0.905. The van der Waals surface area contributed by atoms with Crippen LogP contribution in [0.5, 0.6) is 0 Å². The molecule has 92 heavy (non-hydrogen) atoms. The van der Waals surface area contributed by atoms with Crippen LogP contribution in [-0.4, -0.2) is 206 Å². The molecule has 508 valence electrons. The van der Waals surface area contributed by atoms with E-state index in [1.54, 1.807) is 76.8 Å². The van der Waals surface area contributed by atoms with E-state index >= 15 is 0 Å². The molecule has 7 aromatic rings. The second-order valence-electron chi connectivity index (χ2n) is 22.2. The lowest BCUT2D eigenvalue weighted by Gasteiger charge is -2.31. The minimum Gasteiger partial charge on any atom is -0.383 e. The molecule has 0 amide bonds. The highest BCUT2D eigenvalue weighted by atomic mass is 19.1. The Hall–Kier alpha value is -8.20. The Bertz CT molecular complexity index is 2950. The van der Waals surface area contributed by atoms with Gasteiger partial charge in [0, 0.05) is 143 Å². The normalized spacial score (nSPS) is 12.8. The minimum absolute atomic E-state index is 0. The van der Waals surface area contributed by atoms with Crippen molar-refractivity contribution in [1.29, 1.82) is 10.8 Å². The largest absolute Gasteiger partial charge is 0.383 e. The van der Waals surface area contributed by atoms with Crippen LogP contribution in [0.1, 0.15) is 103 Å². The molecular formula is C67H110FN20O4+. The fourth-order valence-corrected chi connectivity index (χ4v) is 7.97. The standard InChI is InChI=1S/C10H14FN.C9H15N2O.C8H13N3O.C8H13N3.C8H16N2O.C7H14N2O.C6H8N2.C5H7N3.C5H6N2.CH4/c1-8-4-5-10(11)6-9(8)7-12(2)3;1-8-4-5-11(12)7-9(8)6-10(2)3;1-7-3-4-9-8(11-7)10-5-6-12-2;1-7-4-5-9-8(10-7)6-11(2)3;1-7(9)10-5-3-8(11-2)4-6-10;1-6(8)9-4-3-7(5-9)10-2;1-5-3-4-7-6(2)8-5;1-4-2-3-7-5(6)8-4;1-5-2-3-6-4-7-5;/h4-6H,7H2,1-3H3;4-5,7,12H,6H2,1-3H3;3-4H,5-6H2,1-2H3,(H,9,10,11);4-5H,6H2,1-3H3;8-9H,3-6H2,1-2H3;7-8H,3-5H2,1-2H3;3-4H,1-2H3;2-3H,1H3,(H2,6,7,8);2-4H,1H3;1H4/q;+1;;;;;;;;. The third-order valence-corrected chi connectivity index (χ3v) is 12.9. The number of piperidine rings is 1. The first-order valence-corrected chi connectivity index (χ1v) is 30.0. The van der Waals surface area contributed by atoms with Gasteiger partial charge in [0.25, 0.3) is 0 Å². The number of pyridine rings is 1. The maximum absolute atomic E-state index is 12.8. The fraction of sp³-hybridized carbons (Fsp3) is 0.507. The van der Waals surface area contributed by atoms with Gasteiger partial charge in [-0.3, -0.25) is 16.0 Å². The first-order chi connectivity index (χ1) is 43.1. The van der Waals surface area contributed by atoms with Crippen LogP contribution in [-0.2, 0) is 33.8 Å². The van der Waals surface area contributed by atoms with Gasteiger partial charge in [0.15, 0.2) is 0 Å². The number of rotatable bonds is 12. The second kappa shape index (κ2) is 48.6. The number of methoxy groups -OCH3 is 3. The lowest BCUT2D eigenvalue weighted by Crippen LogP contribution is -2.39. The number of anilines is 2. The van der Waals surface area contributed by atoms with E-state index < -0.39 is 0 Å². The maximum atomic E-state index is 12.8. The lowest BCUT2D eigenvalue weighted by atomic mass is 10.1. The Morgan fingerprint density at radius 3 is 1.57 bits per heavy atom. The fourth-order valence-electron chi connectivity index (χ4n) is 7.97. The smallest absolute Gasteiger partial charge is 0.227 e. The maximum Gasteiger partial charge on any atom is 0.227 e. The molecule has 2 aliphatic rings. The molecule has 6 N–H and O–H groups in total. The molecule has 2 fully saturated rings. The van der Waals surface area contributed by atoms with Gasteiger partial charge in [0.05, 0.1) is 37.0 Å². The summed E-state index contributed by atoms with van der Waals surface area (Å²) >= 11 is 0. The van der Waals surface area contributed by atoms with E-state index in [9.17, 15) is 4.39 Å². The summed E-state index contributed by atoms with van der Waals surface area (Å²) in [5, 5.41) is 26.9. The van der Waals surface area contributed by atoms with Gasteiger partial charge in [-0.05, 0) is 190 Å². The molecule has 2 aliphatic heterocycles. The van der Waals surface area contributed by atoms with Gasteiger partial charge in [-0.2, -0.15) is 0 Å². The number of ether oxygens (including phenoxy) is 3. The average Bonchev–Trinajstić information content (AvgIpc) is 2.21. The zero-order valence-corrected chi connectivity index (χ0v) is 57.7. The van der Waals surface area contributed by atoms with Crippen molar-refractivity contribution in [3.05, 3.63) is 172 Å². The molecule has 2 saturated heterocycles. The summed E-state index contributed by atoms with van der Waals surface area (Å²) in [6, 6.07) is 16.1. The highest BCUT2D eigenvalue weighted by Crippen LogP contribution is 2.14. The van der Waals surface area contributed by atoms with Crippen molar-refractivity contribution < 1.29 is 28.5 Å². The van der Waals surface area contributed by atoms with Crippen molar-refractivity contribution in [3.63, 3.8) is 0 Å². The summed E-state index contributed by atoms with van der Waals surface area (Å²) in [6.45, 7) is 26.9. The SMILES string of the molecule is C.COC1CCN(C(C)=N)C1.COC1CCN(C(C)=N)CC1.COCCNc1nccc(C)n1.Cc1cc[n+](O)cc1CN(C)C.Cc1ccc(F)cc1CN(C)C.Cc1ccnc(C)n1.Cc1ccnc(CN(C)C)n1.Cc1ccnc(N)n1.Cc1ccncn1. The Labute approximate surface area is 549 Å². The van der Waals surface area contributed by atoms with Crippen LogP contribution in [0.15, 0.2) is 104 Å². The van der Waals surface area contributed by atoms with E-state index in [1.165, 1.54) is 18.0 Å². The zero-order chi connectivity index (χ0) is 68.3. The molecule has 1 aromatic carbocycles. The topological polar surface area (TPSA) is 283 Å². The quantitative estimate of drug-likeness (QED) is 0.0250. The number of nitrogens with one attached hydrogen (secondary N) is 3. The predicted octanol–water partition coefficient (Wildman–Crippen LogP) is 9.15. The summed E-state index contributed by atoms with van der Waals surface area (Å²) < 4.78 is 29.1. The van der Waals surface area contributed by atoms with E-state index in [4.69, 9.17) is 36.0 Å². The first kappa shape index (κ1) is 83.8. The van der Waals surface area contributed by atoms with Gasteiger partial charge in [0.1, 0.15) is 23.8 Å². The number of amidine groups is 2. The molecule has 9 rings (SSSR count). The van der Waals surface area contributed by atoms with Crippen LogP contribution < -0.4 is 15.8 Å². The summed E-state index contributed by atoms with van der Waals surface area (Å²) in [7, 11) is 17.1. The van der Waals surface area contributed by atoms with Gasteiger partial charge in [-0.15, -0.1) is 0 Å².